The van der Waals surface area contributed by atoms with Crippen molar-refractivity contribution in [3.8, 4) is 0 Å². The number of rotatable bonds is 5. The van der Waals surface area contributed by atoms with Crippen LogP contribution in [0.5, 0.6) is 0 Å². The van der Waals surface area contributed by atoms with Gasteiger partial charge in [0.25, 0.3) is 0 Å². The van der Waals surface area contributed by atoms with E-state index in [4.69, 9.17) is 26.2 Å². The summed E-state index contributed by atoms with van der Waals surface area (Å²) in [6.45, 7) is -1.41. The van der Waals surface area contributed by atoms with Gasteiger partial charge in [-0.3, -0.25) is 4.79 Å². The molecule has 0 aliphatic carbocycles. The van der Waals surface area contributed by atoms with Crippen LogP contribution in [0.1, 0.15) is 0 Å². The lowest BCUT2D eigenvalue weighted by Crippen LogP contribution is -2.49. The second-order valence-corrected chi connectivity index (χ2v) is 2.38. The molecule has 0 aliphatic heterocycles. The van der Waals surface area contributed by atoms with Gasteiger partial charge in [-0.2, -0.15) is 0 Å². The van der Waals surface area contributed by atoms with E-state index >= 15 is 0 Å². The van der Waals surface area contributed by atoms with Crippen LogP contribution in [0.4, 0.5) is 0 Å². The number of carbonyl (C=O) groups is 1. The van der Waals surface area contributed by atoms with E-state index in [1.807, 2.05) is 0 Å². The van der Waals surface area contributed by atoms with E-state index in [0.717, 1.165) is 0 Å². The summed E-state index contributed by atoms with van der Waals surface area (Å²) in [5, 5.41) is 34.3. The Labute approximate surface area is 69.2 Å². The molecular formula is C6H13NO5. The smallest absolute Gasteiger partial charge is 0.182 e. The number of ketones is 1. The highest BCUT2D eigenvalue weighted by Gasteiger charge is 2.26. The molecule has 0 spiro atoms. The Bertz CT molecular complexity index is 151. The Kier molecular flexibility index (Phi) is 4.95. The summed E-state index contributed by atoms with van der Waals surface area (Å²) >= 11 is 0. The highest BCUT2D eigenvalue weighted by Crippen LogP contribution is 1.95. The standard InChI is InChI=1S/C6H13NO5/c7-5(3(10)1-8)6(12)4(11)2-9/h3-5,8-11H,1-2,7H2/t3-,4+,5-/m1/s1. The van der Waals surface area contributed by atoms with Gasteiger partial charge in [0.1, 0.15) is 6.10 Å². The molecule has 0 aromatic heterocycles. The second-order valence-electron chi connectivity index (χ2n) is 2.38. The zero-order chi connectivity index (χ0) is 9.72. The lowest BCUT2D eigenvalue weighted by molar-refractivity contribution is -0.133. The van der Waals surface area contributed by atoms with E-state index in [2.05, 4.69) is 0 Å². The van der Waals surface area contributed by atoms with E-state index in [9.17, 15) is 4.79 Å². The Morgan fingerprint density at radius 2 is 1.75 bits per heavy atom. The third kappa shape index (κ3) is 2.84. The first kappa shape index (κ1) is 11.5. The van der Waals surface area contributed by atoms with Crippen LogP contribution in [0.3, 0.4) is 0 Å². The predicted octanol–water partition coefficient (Wildman–Crippen LogP) is -3.41. The molecule has 0 saturated carbocycles. The maximum atomic E-state index is 10.9. The van der Waals surface area contributed by atoms with Gasteiger partial charge in [-0.05, 0) is 0 Å². The molecule has 0 saturated heterocycles. The molecule has 0 amide bonds. The fraction of sp³-hybridized carbons (Fsp3) is 0.833. The number of aliphatic hydroxyl groups excluding tert-OH is 4. The number of hydrogen-bond acceptors (Lipinski definition) is 6. The number of Topliss-reactive ketones (excluding diaryl/α,β-unsaturated/α-hetero) is 1. The van der Waals surface area contributed by atoms with Gasteiger partial charge < -0.3 is 26.2 Å². The van der Waals surface area contributed by atoms with Gasteiger partial charge in [0, 0.05) is 0 Å². The maximum Gasteiger partial charge on any atom is 0.182 e. The topological polar surface area (TPSA) is 124 Å². The molecule has 12 heavy (non-hydrogen) atoms. The summed E-state index contributed by atoms with van der Waals surface area (Å²) in [6, 6.07) is -1.36. The Balaban J connectivity index is 4.09. The molecular weight excluding hydrogens is 166 g/mol. The molecule has 0 aromatic rings. The van der Waals surface area contributed by atoms with Gasteiger partial charge in [-0.25, -0.2) is 0 Å². The molecule has 3 atom stereocenters. The van der Waals surface area contributed by atoms with Crippen LogP contribution in [-0.4, -0.2) is 57.7 Å². The largest absolute Gasteiger partial charge is 0.394 e. The normalized spacial score (nSPS) is 18.4. The molecule has 6 N–H and O–H groups in total. The van der Waals surface area contributed by atoms with Crippen LogP contribution >= 0.6 is 0 Å². The summed E-state index contributed by atoms with van der Waals surface area (Å²) in [5.74, 6) is -0.890. The van der Waals surface area contributed by atoms with Crippen molar-refractivity contribution in [2.24, 2.45) is 5.73 Å². The predicted molar refractivity (Wildman–Crippen MR) is 39.2 cm³/mol. The van der Waals surface area contributed by atoms with Gasteiger partial charge in [0.15, 0.2) is 5.78 Å². The molecule has 0 aliphatic rings. The maximum absolute atomic E-state index is 10.9. The SMILES string of the molecule is N[C@@H](C(=O)[C@@H](O)CO)[C@H](O)CO. The molecule has 6 nitrogen and oxygen atoms in total. The van der Waals surface area contributed by atoms with Crippen LogP contribution in [0.2, 0.25) is 0 Å². The van der Waals surface area contributed by atoms with Crippen molar-refractivity contribution in [2.75, 3.05) is 13.2 Å². The van der Waals surface area contributed by atoms with Crippen molar-refractivity contribution in [2.45, 2.75) is 18.2 Å². The van der Waals surface area contributed by atoms with E-state index in [0.29, 0.717) is 0 Å². The Morgan fingerprint density at radius 1 is 1.25 bits per heavy atom. The van der Waals surface area contributed by atoms with Gasteiger partial charge >= 0.3 is 0 Å². The minimum atomic E-state index is -1.60. The molecule has 0 heterocycles. The van der Waals surface area contributed by atoms with Gasteiger partial charge in [-0.1, -0.05) is 0 Å². The molecule has 0 unspecified atom stereocenters. The number of hydrogen-bond donors (Lipinski definition) is 5. The van der Waals surface area contributed by atoms with Crippen molar-refractivity contribution in [1.82, 2.24) is 0 Å². The van der Waals surface area contributed by atoms with Crippen LogP contribution in [0.25, 0.3) is 0 Å². The molecule has 0 fully saturated rings. The summed E-state index contributed by atoms with van der Waals surface area (Å²) in [7, 11) is 0. The molecule has 0 radical (unpaired) electrons. The number of nitrogens with two attached hydrogens (primary N) is 1. The van der Waals surface area contributed by atoms with Crippen molar-refractivity contribution in [1.29, 1.82) is 0 Å². The van der Waals surface area contributed by atoms with E-state index in [1.54, 1.807) is 0 Å². The molecule has 0 bridgehead atoms. The van der Waals surface area contributed by atoms with Crippen molar-refractivity contribution in [3.63, 3.8) is 0 Å². The first-order chi connectivity index (χ1) is 5.54. The monoisotopic (exact) mass is 179 g/mol. The van der Waals surface area contributed by atoms with Crippen molar-refractivity contribution in [3.05, 3.63) is 0 Å². The third-order valence-electron chi connectivity index (χ3n) is 1.43. The van der Waals surface area contributed by atoms with Gasteiger partial charge in [0.2, 0.25) is 0 Å². The zero-order valence-corrected chi connectivity index (χ0v) is 6.42. The third-order valence-corrected chi connectivity index (χ3v) is 1.43. The summed E-state index contributed by atoms with van der Waals surface area (Å²) in [4.78, 5) is 10.9. The lowest BCUT2D eigenvalue weighted by atomic mass is 10.0. The van der Waals surface area contributed by atoms with Crippen LogP contribution in [-0.2, 0) is 4.79 Å². The highest BCUT2D eigenvalue weighted by molar-refractivity contribution is 5.88. The molecule has 6 heteroatoms. The average Bonchev–Trinajstić information content (AvgIpc) is 2.12. The fourth-order valence-corrected chi connectivity index (χ4v) is 0.615. The van der Waals surface area contributed by atoms with Crippen molar-refractivity contribution >= 4 is 5.78 Å². The Morgan fingerprint density at radius 3 is 2.08 bits per heavy atom. The van der Waals surface area contributed by atoms with Gasteiger partial charge in [-0.15, -0.1) is 0 Å². The van der Waals surface area contributed by atoms with Crippen molar-refractivity contribution < 1.29 is 25.2 Å². The summed E-state index contributed by atoms with van der Waals surface area (Å²) < 4.78 is 0. The first-order valence-electron chi connectivity index (χ1n) is 3.41. The minimum absolute atomic E-state index is 0.662. The zero-order valence-electron chi connectivity index (χ0n) is 6.42. The number of aliphatic hydroxyl groups is 4. The first-order valence-corrected chi connectivity index (χ1v) is 3.41. The van der Waals surface area contributed by atoms with Crippen LogP contribution in [0, 0.1) is 0 Å². The molecule has 72 valence electrons. The Hall–Kier alpha value is -0.530. The summed E-state index contributed by atoms with van der Waals surface area (Å²) in [6.07, 6.45) is -3.00. The minimum Gasteiger partial charge on any atom is -0.394 e. The quantitative estimate of drug-likeness (QED) is 0.299. The lowest BCUT2D eigenvalue weighted by Gasteiger charge is -2.17. The highest BCUT2D eigenvalue weighted by atomic mass is 16.3. The second kappa shape index (κ2) is 5.18. The van der Waals surface area contributed by atoms with Gasteiger partial charge in [0.05, 0.1) is 25.4 Å². The summed E-state index contributed by atoms with van der Waals surface area (Å²) in [5.41, 5.74) is 5.12. The number of carbonyl (C=O) groups excluding carboxylic acids is 1. The van der Waals surface area contributed by atoms with Crippen LogP contribution in [0.15, 0.2) is 0 Å². The van der Waals surface area contributed by atoms with E-state index in [-0.39, 0.29) is 0 Å². The molecule has 0 aromatic carbocycles. The average molecular weight is 179 g/mol. The van der Waals surface area contributed by atoms with Crippen LogP contribution < -0.4 is 5.73 Å². The van der Waals surface area contributed by atoms with E-state index in [1.165, 1.54) is 0 Å². The molecule has 0 rings (SSSR count). The fourth-order valence-electron chi connectivity index (χ4n) is 0.615. The van der Waals surface area contributed by atoms with E-state index < -0.39 is 37.2 Å².